The average Bonchev–Trinajstić information content (AvgIpc) is 2.47. The van der Waals surface area contributed by atoms with Crippen molar-refractivity contribution in [2.45, 2.75) is 45.6 Å². The number of rotatable bonds is 3. The van der Waals surface area contributed by atoms with Crippen LogP contribution < -0.4 is 0 Å². The Balaban J connectivity index is 2.48. The predicted octanol–water partition coefficient (Wildman–Crippen LogP) is 4.59. The molecule has 0 aromatic heterocycles. The van der Waals surface area contributed by atoms with Gasteiger partial charge in [-0.2, -0.15) is 0 Å². The summed E-state index contributed by atoms with van der Waals surface area (Å²) >= 11 is 0. The number of hydrogen-bond acceptors (Lipinski definition) is 1. The number of aliphatic hydroxyl groups is 1. The van der Waals surface area contributed by atoms with Gasteiger partial charge in [-0.05, 0) is 24.5 Å². The molecule has 0 spiro atoms. The Morgan fingerprint density at radius 2 is 1.86 bits per heavy atom. The Bertz CT molecular complexity index is 594. The summed E-state index contributed by atoms with van der Waals surface area (Å²) in [5.41, 5.74) is 2.32. The largest absolute Gasteiger partial charge is 0.384 e. The predicted molar refractivity (Wildman–Crippen MR) is 89.6 cm³/mol. The highest BCUT2D eigenvalue weighted by Crippen LogP contribution is 2.41. The Kier molecular flexibility index (Phi) is 5.04. The summed E-state index contributed by atoms with van der Waals surface area (Å²) in [5, 5.41) is 11.2. The average molecular weight is 280 g/mol. The van der Waals surface area contributed by atoms with E-state index in [9.17, 15) is 5.11 Å². The lowest BCUT2D eigenvalue weighted by molar-refractivity contribution is 0.0922. The molecule has 1 nitrogen and oxygen atoms in total. The van der Waals surface area contributed by atoms with E-state index in [1.807, 2.05) is 44.2 Å². The van der Waals surface area contributed by atoms with Crippen LogP contribution in [0.4, 0.5) is 0 Å². The second-order valence-corrected chi connectivity index (χ2v) is 5.69. The molecule has 110 valence electrons. The van der Waals surface area contributed by atoms with Crippen molar-refractivity contribution in [1.29, 1.82) is 0 Å². The van der Waals surface area contributed by atoms with E-state index in [1.54, 1.807) is 0 Å². The topological polar surface area (TPSA) is 20.2 Å². The van der Waals surface area contributed by atoms with Gasteiger partial charge in [-0.25, -0.2) is 0 Å². The molecule has 21 heavy (non-hydrogen) atoms. The highest BCUT2D eigenvalue weighted by molar-refractivity contribution is 5.76. The summed E-state index contributed by atoms with van der Waals surface area (Å²) in [6, 6.07) is 10.1. The van der Waals surface area contributed by atoms with Crippen LogP contribution in [-0.2, 0) is 0 Å². The molecule has 0 radical (unpaired) electrons. The lowest BCUT2D eigenvalue weighted by Crippen LogP contribution is -2.38. The zero-order chi connectivity index (χ0) is 15.3. The second kappa shape index (κ2) is 6.78. The van der Waals surface area contributed by atoms with Crippen LogP contribution in [-0.4, -0.2) is 10.7 Å². The molecule has 0 amide bonds. The summed E-state index contributed by atoms with van der Waals surface area (Å²) in [6.07, 6.45) is 7.08. The van der Waals surface area contributed by atoms with Crippen LogP contribution in [0.5, 0.6) is 0 Å². The number of allylic oxidation sites excluding steroid dienone is 2. The minimum atomic E-state index is -0.942. The Labute approximate surface area is 128 Å². The lowest BCUT2D eigenvalue weighted by atomic mass is 9.71. The van der Waals surface area contributed by atoms with Gasteiger partial charge >= 0.3 is 0 Å². The van der Waals surface area contributed by atoms with Crippen molar-refractivity contribution in [3.05, 3.63) is 53.6 Å². The van der Waals surface area contributed by atoms with E-state index in [1.165, 1.54) is 5.57 Å². The molecule has 0 fully saturated rings. The van der Waals surface area contributed by atoms with E-state index in [-0.39, 0.29) is 5.92 Å². The van der Waals surface area contributed by atoms with Crippen LogP contribution in [0.15, 0.2) is 48.1 Å². The van der Waals surface area contributed by atoms with Gasteiger partial charge in [0.25, 0.3) is 0 Å². The van der Waals surface area contributed by atoms with Gasteiger partial charge in [-0.1, -0.05) is 74.2 Å². The standard InChI is InChI=1S/C20H24O/c1-4-6-13-18-16(10-5-2)14-15-19(20(18,3)21)17-11-8-7-9-12-17/h7-9,11-12,14-15,18,21H,4-5,10H2,1-3H3. The number of hydrogen-bond donors (Lipinski definition) is 1. The van der Waals surface area contributed by atoms with Crippen LogP contribution in [0.25, 0.3) is 5.57 Å². The summed E-state index contributed by atoms with van der Waals surface area (Å²) in [6.45, 7) is 6.10. The molecular formula is C20H24O. The van der Waals surface area contributed by atoms with E-state index >= 15 is 0 Å². The van der Waals surface area contributed by atoms with Gasteiger partial charge in [0.15, 0.2) is 0 Å². The Morgan fingerprint density at radius 3 is 2.48 bits per heavy atom. The van der Waals surface area contributed by atoms with Gasteiger partial charge in [-0.15, -0.1) is 5.92 Å². The molecule has 0 aliphatic heterocycles. The van der Waals surface area contributed by atoms with Gasteiger partial charge in [0.2, 0.25) is 0 Å². The zero-order valence-electron chi connectivity index (χ0n) is 13.2. The highest BCUT2D eigenvalue weighted by atomic mass is 16.3. The first-order valence-electron chi connectivity index (χ1n) is 7.78. The third-order valence-electron chi connectivity index (χ3n) is 3.99. The molecule has 1 aromatic rings. The van der Waals surface area contributed by atoms with E-state index in [4.69, 9.17) is 0 Å². The fraction of sp³-hybridized carbons (Fsp3) is 0.400. The van der Waals surface area contributed by atoms with E-state index in [2.05, 4.69) is 30.9 Å². The van der Waals surface area contributed by atoms with E-state index in [0.29, 0.717) is 0 Å². The molecule has 0 saturated heterocycles. The number of benzene rings is 1. The molecule has 0 saturated carbocycles. The Morgan fingerprint density at radius 1 is 1.14 bits per heavy atom. The van der Waals surface area contributed by atoms with Crippen LogP contribution in [0.1, 0.15) is 45.6 Å². The van der Waals surface area contributed by atoms with Gasteiger partial charge in [0.1, 0.15) is 5.60 Å². The van der Waals surface area contributed by atoms with Crippen molar-refractivity contribution in [3.8, 4) is 11.8 Å². The SMILES string of the molecule is CCC#CC1C(CCC)=CC=C(c2ccccc2)C1(C)O. The molecular weight excluding hydrogens is 256 g/mol. The third kappa shape index (κ3) is 3.28. The Hall–Kier alpha value is -1.78. The molecule has 1 N–H and O–H groups in total. The highest BCUT2D eigenvalue weighted by Gasteiger charge is 2.39. The normalized spacial score (nSPS) is 24.7. The first-order valence-corrected chi connectivity index (χ1v) is 7.78. The quantitative estimate of drug-likeness (QED) is 0.803. The van der Waals surface area contributed by atoms with E-state index < -0.39 is 5.60 Å². The van der Waals surface area contributed by atoms with Crippen molar-refractivity contribution in [3.63, 3.8) is 0 Å². The van der Waals surface area contributed by atoms with Crippen molar-refractivity contribution < 1.29 is 5.11 Å². The molecule has 1 heteroatoms. The summed E-state index contributed by atoms with van der Waals surface area (Å²) in [4.78, 5) is 0. The summed E-state index contributed by atoms with van der Waals surface area (Å²) < 4.78 is 0. The first kappa shape index (κ1) is 15.6. The molecule has 1 aromatic carbocycles. The van der Waals surface area contributed by atoms with Crippen molar-refractivity contribution in [1.82, 2.24) is 0 Å². The van der Waals surface area contributed by atoms with E-state index in [0.717, 1.165) is 30.4 Å². The minimum Gasteiger partial charge on any atom is -0.384 e. The fourth-order valence-corrected chi connectivity index (χ4v) is 2.93. The first-order chi connectivity index (χ1) is 10.1. The maximum absolute atomic E-state index is 11.2. The van der Waals surface area contributed by atoms with Crippen molar-refractivity contribution in [2.24, 2.45) is 5.92 Å². The smallest absolute Gasteiger partial charge is 0.105 e. The van der Waals surface area contributed by atoms with Crippen molar-refractivity contribution >= 4 is 5.57 Å². The van der Waals surface area contributed by atoms with Crippen LogP contribution in [0.2, 0.25) is 0 Å². The molecule has 0 bridgehead atoms. The second-order valence-electron chi connectivity index (χ2n) is 5.69. The molecule has 1 aliphatic carbocycles. The zero-order valence-corrected chi connectivity index (χ0v) is 13.2. The fourth-order valence-electron chi connectivity index (χ4n) is 2.93. The van der Waals surface area contributed by atoms with Gasteiger partial charge in [0, 0.05) is 6.42 Å². The molecule has 1 aliphatic rings. The summed E-state index contributed by atoms with van der Waals surface area (Å²) in [7, 11) is 0. The van der Waals surface area contributed by atoms with Gasteiger partial charge in [-0.3, -0.25) is 0 Å². The van der Waals surface area contributed by atoms with Crippen LogP contribution in [0, 0.1) is 17.8 Å². The van der Waals surface area contributed by atoms with Gasteiger partial charge in [0.05, 0.1) is 5.92 Å². The molecule has 2 rings (SSSR count). The molecule has 0 heterocycles. The third-order valence-corrected chi connectivity index (χ3v) is 3.99. The molecule has 2 atom stereocenters. The maximum atomic E-state index is 11.2. The summed E-state index contributed by atoms with van der Waals surface area (Å²) in [5.74, 6) is 6.33. The van der Waals surface area contributed by atoms with Crippen LogP contribution in [0.3, 0.4) is 0 Å². The minimum absolute atomic E-state index is 0.113. The lowest BCUT2D eigenvalue weighted by Gasteiger charge is -2.36. The van der Waals surface area contributed by atoms with Crippen molar-refractivity contribution in [2.75, 3.05) is 0 Å². The monoisotopic (exact) mass is 280 g/mol. The molecule has 2 unspecified atom stereocenters. The maximum Gasteiger partial charge on any atom is 0.105 e. The van der Waals surface area contributed by atoms with Gasteiger partial charge < -0.3 is 5.11 Å². The van der Waals surface area contributed by atoms with Crippen LogP contribution >= 0.6 is 0 Å².